The molecule has 0 bridgehead atoms. The van der Waals surface area contributed by atoms with Crippen LogP contribution in [0.25, 0.3) is 11.5 Å². The third kappa shape index (κ3) is 3.64. The van der Waals surface area contributed by atoms with E-state index in [1.165, 1.54) is 0 Å². The first-order valence-corrected chi connectivity index (χ1v) is 6.43. The zero-order chi connectivity index (χ0) is 14.5. The van der Waals surface area contributed by atoms with E-state index in [4.69, 9.17) is 4.42 Å². The maximum absolute atomic E-state index is 11.8. The highest BCUT2D eigenvalue weighted by Gasteiger charge is 2.13. The highest BCUT2D eigenvalue weighted by Crippen LogP contribution is 2.26. The molecule has 1 unspecified atom stereocenters. The standard InChI is InChI=1S/C14H17N3O3/c1-9(18)7-8-13(19)15-12-6-4-3-5-11(12)14-17-16-10(2)20-14/h3-6,9,18H,7-8H2,1-2H3,(H,15,19). The van der Waals surface area contributed by atoms with Crippen LogP contribution < -0.4 is 5.32 Å². The van der Waals surface area contributed by atoms with Crippen molar-refractivity contribution in [2.45, 2.75) is 32.8 Å². The van der Waals surface area contributed by atoms with Gasteiger partial charge in [0.15, 0.2) is 0 Å². The zero-order valence-corrected chi connectivity index (χ0v) is 11.5. The van der Waals surface area contributed by atoms with E-state index in [-0.39, 0.29) is 12.3 Å². The Labute approximate surface area is 116 Å². The summed E-state index contributed by atoms with van der Waals surface area (Å²) in [5.74, 6) is 0.679. The topological polar surface area (TPSA) is 88.2 Å². The number of benzene rings is 1. The third-order valence-electron chi connectivity index (χ3n) is 2.75. The smallest absolute Gasteiger partial charge is 0.249 e. The fourth-order valence-corrected chi connectivity index (χ4v) is 1.74. The summed E-state index contributed by atoms with van der Waals surface area (Å²) >= 11 is 0. The van der Waals surface area contributed by atoms with Gasteiger partial charge < -0.3 is 14.8 Å². The number of aryl methyl sites for hydroxylation is 1. The number of aliphatic hydroxyl groups excluding tert-OH is 1. The molecular formula is C14H17N3O3. The normalized spacial score (nSPS) is 12.2. The molecule has 0 aliphatic rings. The molecule has 106 valence electrons. The lowest BCUT2D eigenvalue weighted by molar-refractivity contribution is -0.116. The van der Waals surface area contributed by atoms with Crippen molar-refractivity contribution in [3.05, 3.63) is 30.2 Å². The van der Waals surface area contributed by atoms with Gasteiger partial charge in [-0.1, -0.05) is 12.1 Å². The fraction of sp³-hybridized carbons (Fsp3) is 0.357. The van der Waals surface area contributed by atoms with E-state index >= 15 is 0 Å². The van der Waals surface area contributed by atoms with Gasteiger partial charge in [0, 0.05) is 13.3 Å². The number of hydrogen-bond acceptors (Lipinski definition) is 5. The Morgan fingerprint density at radius 3 is 2.80 bits per heavy atom. The van der Waals surface area contributed by atoms with Gasteiger partial charge in [-0.05, 0) is 25.5 Å². The molecule has 1 amide bonds. The van der Waals surface area contributed by atoms with Gasteiger partial charge in [-0.2, -0.15) is 0 Å². The molecule has 0 spiro atoms. The molecule has 1 heterocycles. The van der Waals surface area contributed by atoms with Crippen LogP contribution in [0.5, 0.6) is 0 Å². The van der Waals surface area contributed by atoms with E-state index in [1.54, 1.807) is 26.0 Å². The first kappa shape index (κ1) is 14.2. The number of amides is 1. The molecule has 6 nitrogen and oxygen atoms in total. The second-order valence-electron chi connectivity index (χ2n) is 4.61. The number of aliphatic hydroxyl groups is 1. The van der Waals surface area contributed by atoms with Crippen LogP contribution in [0.2, 0.25) is 0 Å². The van der Waals surface area contributed by atoms with Crippen LogP contribution in [-0.2, 0) is 4.79 Å². The minimum Gasteiger partial charge on any atom is -0.421 e. The van der Waals surface area contributed by atoms with Gasteiger partial charge in [-0.3, -0.25) is 4.79 Å². The number of nitrogens with one attached hydrogen (secondary N) is 1. The molecule has 20 heavy (non-hydrogen) atoms. The number of aromatic nitrogens is 2. The molecule has 0 fully saturated rings. The second-order valence-corrected chi connectivity index (χ2v) is 4.61. The minimum atomic E-state index is -0.491. The van der Waals surface area contributed by atoms with E-state index in [0.29, 0.717) is 29.5 Å². The van der Waals surface area contributed by atoms with Crippen molar-refractivity contribution in [2.75, 3.05) is 5.32 Å². The predicted molar refractivity (Wildman–Crippen MR) is 74.0 cm³/mol. The Morgan fingerprint density at radius 1 is 1.40 bits per heavy atom. The fourth-order valence-electron chi connectivity index (χ4n) is 1.74. The molecule has 0 aliphatic heterocycles. The lowest BCUT2D eigenvalue weighted by atomic mass is 10.1. The van der Waals surface area contributed by atoms with Crippen LogP contribution in [0, 0.1) is 6.92 Å². The summed E-state index contributed by atoms with van der Waals surface area (Å²) in [6.07, 6.45) is 0.192. The van der Waals surface area contributed by atoms with E-state index in [2.05, 4.69) is 15.5 Å². The summed E-state index contributed by atoms with van der Waals surface area (Å²) in [6, 6.07) is 7.23. The van der Waals surface area contributed by atoms with Gasteiger partial charge in [0.25, 0.3) is 0 Å². The van der Waals surface area contributed by atoms with Crippen molar-refractivity contribution in [1.82, 2.24) is 10.2 Å². The molecule has 0 saturated heterocycles. The van der Waals surface area contributed by atoms with Gasteiger partial charge in [-0.15, -0.1) is 10.2 Å². The van der Waals surface area contributed by atoms with E-state index in [9.17, 15) is 9.90 Å². The summed E-state index contributed by atoms with van der Waals surface area (Å²) in [5.41, 5.74) is 1.30. The molecule has 1 aromatic heterocycles. The lowest BCUT2D eigenvalue weighted by Gasteiger charge is -2.09. The lowest BCUT2D eigenvalue weighted by Crippen LogP contribution is -2.14. The average molecular weight is 275 g/mol. The van der Waals surface area contributed by atoms with Gasteiger partial charge in [-0.25, -0.2) is 0 Å². The molecule has 2 rings (SSSR count). The van der Waals surface area contributed by atoms with Crippen molar-refractivity contribution in [3.8, 4) is 11.5 Å². The molecule has 0 radical (unpaired) electrons. The maximum atomic E-state index is 11.8. The van der Waals surface area contributed by atoms with Gasteiger partial charge >= 0.3 is 0 Å². The number of carbonyl (C=O) groups excluding carboxylic acids is 1. The Bertz CT molecular complexity index is 593. The number of nitrogens with zero attached hydrogens (tertiary/aromatic N) is 2. The second kappa shape index (κ2) is 6.29. The number of carbonyl (C=O) groups is 1. The number of hydrogen-bond donors (Lipinski definition) is 2. The van der Waals surface area contributed by atoms with Gasteiger partial charge in [0.05, 0.1) is 17.4 Å². The van der Waals surface area contributed by atoms with Crippen LogP contribution in [0.3, 0.4) is 0 Å². The third-order valence-corrected chi connectivity index (χ3v) is 2.75. The predicted octanol–water partition coefficient (Wildman–Crippen LogP) is 2.14. The summed E-state index contributed by atoms with van der Waals surface area (Å²) in [6.45, 7) is 3.36. The summed E-state index contributed by atoms with van der Waals surface area (Å²) in [5, 5.41) is 19.7. The van der Waals surface area contributed by atoms with Crippen molar-refractivity contribution >= 4 is 11.6 Å². The number of para-hydroxylation sites is 1. The quantitative estimate of drug-likeness (QED) is 0.872. The van der Waals surface area contributed by atoms with Crippen molar-refractivity contribution < 1.29 is 14.3 Å². The van der Waals surface area contributed by atoms with Crippen LogP contribution in [-0.4, -0.2) is 27.3 Å². The number of rotatable bonds is 5. The highest BCUT2D eigenvalue weighted by atomic mass is 16.4. The monoisotopic (exact) mass is 275 g/mol. The highest BCUT2D eigenvalue weighted by molar-refractivity contribution is 5.94. The van der Waals surface area contributed by atoms with Crippen LogP contribution >= 0.6 is 0 Å². The Morgan fingerprint density at radius 2 is 2.15 bits per heavy atom. The minimum absolute atomic E-state index is 0.158. The molecule has 2 aromatic rings. The summed E-state index contributed by atoms with van der Waals surface area (Å²) in [7, 11) is 0. The summed E-state index contributed by atoms with van der Waals surface area (Å²) < 4.78 is 5.38. The van der Waals surface area contributed by atoms with E-state index in [1.807, 2.05) is 12.1 Å². The van der Waals surface area contributed by atoms with Gasteiger partial charge in [0.2, 0.25) is 17.7 Å². The Kier molecular flexibility index (Phi) is 4.47. The zero-order valence-electron chi connectivity index (χ0n) is 11.5. The Hall–Kier alpha value is -2.21. The van der Waals surface area contributed by atoms with Crippen molar-refractivity contribution in [2.24, 2.45) is 0 Å². The molecule has 2 N–H and O–H groups in total. The van der Waals surface area contributed by atoms with Crippen LogP contribution in [0.1, 0.15) is 25.7 Å². The number of anilines is 1. The van der Waals surface area contributed by atoms with Crippen molar-refractivity contribution in [3.63, 3.8) is 0 Å². The van der Waals surface area contributed by atoms with E-state index in [0.717, 1.165) is 0 Å². The Balaban J connectivity index is 2.14. The first-order chi connectivity index (χ1) is 9.56. The SMILES string of the molecule is Cc1nnc(-c2ccccc2NC(=O)CCC(C)O)o1. The van der Waals surface area contributed by atoms with Gasteiger partial charge in [0.1, 0.15) is 0 Å². The molecule has 1 aromatic carbocycles. The van der Waals surface area contributed by atoms with Crippen LogP contribution in [0.4, 0.5) is 5.69 Å². The first-order valence-electron chi connectivity index (χ1n) is 6.43. The molecular weight excluding hydrogens is 258 g/mol. The van der Waals surface area contributed by atoms with E-state index < -0.39 is 6.10 Å². The molecule has 1 atom stereocenters. The molecule has 0 aliphatic carbocycles. The average Bonchev–Trinajstić information content (AvgIpc) is 2.83. The van der Waals surface area contributed by atoms with Crippen molar-refractivity contribution in [1.29, 1.82) is 0 Å². The van der Waals surface area contributed by atoms with Crippen LogP contribution in [0.15, 0.2) is 28.7 Å². The maximum Gasteiger partial charge on any atom is 0.249 e. The molecule has 0 saturated carbocycles. The summed E-state index contributed by atoms with van der Waals surface area (Å²) in [4.78, 5) is 11.8. The molecule has 6 heteroatoms. The largest absolute Gasteiger partial charge is 0.421 e.